The lowest BCUT2D eigenvalue weighted by molar-refractivity contribution is 0.241. The largest absolute Gasteiger partial charge is 0.305 e. The van der Waals surface area contributed by atoms with Gasteiger partial charge in [0.05, 0.1) is 17.0 Å². The third-order valence-corrected chi connectivity index (χ3v) is 4.84. The summed E-state index contributed by atoms with van der Waals surface area (Å²) in [4.78, 5) is 26.8. The van der Waals surface area contributed by atoms with Crippen LogP contribution in [0.3, 0.4) is 0 Å². The average molecular weight is 340 g/mol. The zero-order chi connectivity index (χ0) is 17.2. The van der Waals surface area contributed by atoms with E-state index in [1.165, 1.54) is 6.07 Å². The minimum atomic E-state index is -0.229. The number of hydrogen-bond donors (Lipinski definition) is 1. The fourth-order valence-corrected chi connectivity index (χ4v) is 3.54. The van der Waals surface area contributed by atoms with E-state index in [-0.39, 0.29) is 11.4 Å². The highest BCUT2D eigenvalue weighted by Gasteiger charge is 2.22. The molecule has 0 fully saturated rings. The number of halogens is 1. The summed E-state index contributed by atoms with van der Waals surface area (Å²) in [5.41, 5.74) is 3.37. The molecule has 4 rings (SSSR count). The number of aliphatic imine (C=N–C) groups is 1. The predicted molar refractivity (Wildman–Crippen MR) is 94.3 cm³/mol. The predicted octanol–water partition coefficient (Wildman–Crippen LogP) is 2.44. The molecule has 3 heterocycles. The highest BCUT2D eigenvalue weighted by atomic mass is 19.1. The van der Waals surface area contributed by atoms with Crippen LogP contribution in [0.25, 0.3) is 0 Å². The topological polar surface area (TPSA) is 61.4 Å². The molecule has 0 saturated carbocycles. The van der Waals surface area contributed by atoms with E-state index in [9.17, 15) is 9.18 Å². The molecule has 2 aliphatic rings. The Morgan fingerprint density at radius 3 is 2.96 bits per heavy atom. The van der Waals surface area contributed by atoms with Crippen molar-refractivity contribution in [3.63, 3.8) is 0 Å². The highest BCUT2D eigenvalue weighted by Crippen LogP contribution is 2.18. The van der Waals surface area contributed by atoms with E-state index in [4.69, 9.17) is 0 Å². The number of rotatable bonds is 3. The van der Waals surface area contributed by atoms with Crippen molar-refractivity contribution in [1.29, 1.82) is 0 Å². The summed E-state index contributed by atoms with van der Waals surface area (Å²) in [7, 11) is 0. The summed E-state index contributed by atoms with van der Waals surface area (Å²) in [5, 5.41) is 0. The van der Waals surface area contributed by atoms with Crippen LogP contribution in [0.4, 0.5) is 4.39 Å². The molecule has 0 saturated heterocycles. The van der Waals surface area contributed by atoms with Crippen molar-refractivity contribution in [2.75, 3.05) is 13.1 Å². The molecule has 6 heteroatoms. The van der Waals surface area contributed by atoms with Gasteiger partial charge >= 0.3 is 0 Å². The Morgan fingerprint density at radius 1 is 1.24 bits per heavy atom. The van der Waals surface area contributed by atoms with Gasteiger partial charge in [-0.1, -0.05) is 12.1 Å². The summed E-state index contributed by atoms with van der Waals surface area (Å²) >= 11 is 0. The van der Waals surface area contributed by atoms with Crippen LogP contribution in [0.5, 0.6) is 0 Å². The molecule has 0 atom stereocenters. The van der Waals surface area contributed by atoms with Gasteiger partial charge in [-0.05, 0) is 37.0 Å². The molecule has 0 unspecified atom stereocenters. The highest BCUT2D eigenvalue weighted by molar-refractivity contribution is 5.97. The van der Waals surface area contributed by atoms with Crippen molar-refractivity contribution in [2.24, 2.45) is 4.99 Å². The Morgan fingerprint density at radius 2 is 2.16 bits per heavy atom. The molecule has 130 valence electrons. The van der Waals surface area contributed by atoms with Crippen LogP contribution in [-0.4, -0.2) is 33.7 Å². The minimum Gasteiger partial charge on any atom is -0.305 e. The second-order valence-electron chi connectivity index (χ2n) is 6.72. The Hall–Kier alpha value is -2.34. The lowest BCUT2D eigenvalue weighted by Crippen LogP contribution is -2.36. The first kappa shape index (κ1) is 16.1. The number of H-pyrrole nitrogens is 1. The Balaban J connectivity index is 1.55. The molecule has 2 aliphatic heterocycles. The maximum atomic E-state index is 13.4. The number of nitrogens with one attached hydrogen (secondary N) is 1. The molecular weight excluding hydrogens is 319 g/mol. The van der Waals surface area contributed by atoms with E-state index < -0.39 is 0 Å². The second kappa shape index (κ2) is 6.88. The Bertz CT molecular complexity index is 874. The fourth-order valence-electron chi connectivity index (χ4n) is 3.54. The van der Waals surface area contributed by atoms with Gasteiger partial charge in [0, 0.05) is 32.6 Å². The van der Waals surface area contributed by atoms with E-state index >= 15 is 0 Å². The van der Waals surface area contributed by atoms with Crippen molar-refractivity contribution in [3.8, 4) is 0 Å². The molecule has 0 bridgehead atoms. The van der Waals surface area contributed by atoms with Gasteiger partial charge in [0.2, 0.25) is 0 Å². The van der Waals surface area contributed by atoms with Gasteiger partial charge in [-0.25, -0.2) is 9.37 Å². The summed E-state index contributed by atoms with van der Waals surface area (Å²) in [5.74, 6) is 0.411. The molecule has 1 aromatic heterocycles. The number of hydrogen-bond acceptors (Lipinski definition) is 4. The maximum absolute atomic E-state index is 13.4. The summed E-state index contributed by atoms with van der Waals surface area (Å²) in [6.07, 6.45) is 3.82. The van der Waals surface area contributed by atoms with Crippen molar-refractivity contribution >= 4 is 5.71 Å². The molecule has 25 heavy (non-hydrogen) atoms. The number of aromatic amines is 1. The van der Waals surface area contributed by atoms with Crippen molar-refractivity contribution < 1.29 is 4.39 Å². The van der Waals surface area contributed by atoms with Gasteiger partial charge in [0.25, 0.3) is 5.56 Å². The summed E-state index contributed by atoms with van der Waals surface area (Å²) in [6.45, 7) is 2.80. The molecule has 1 aromatic carbocycles. The zero-order valence-electron chi connectivity index (χ0n) is 14.1. The van der Waals surface area contributed by atoms with E-state index in [1.54, 1.807) is 12.1 Å². The van der Waals surface area contributed by atoms with Gasteiger partial charge in [-0.2, -0.15) is 0 Å². The van der Waals surface area contributed by atoms with Gasteiger partial charge in [-0.3, -0.25) is 14.7 Å². The number of benzene rings is 1. The third kappa shape index (κ3) is 3.54. The Kier molecular flexibility index (Phi) is 4.44. The molecule has 0 amide bonds. The minimum absolute atomic E-state index is 0.0720. The first-order valence-corrected chi connectivity index (χ1v) is 8.81. The van der Waals surface area contributed by atoms with Gasteiger partial charge in [-0.15, -0.1) is 0 Å². The molecule has 1 N–H and O–H groups in total. The van der Waals surface area contributed by atoms with Crippen LogP contribution in [0, 0.1) is 5.82 Å². The molecule has 5 nitrogen and oxygen atoms in total. The molecule has 2 aromatic rings. The van der Waals surface area contributed by atoms with E-state index in [1.807, 2.05) is 6.07 Å². The van der Waals surface area contributed by atoms with Crippen molar-refractivity contribution in [2.45, 2.75) is 38.8 Å². The average Bonchev–Trinajstić information content (AvgIpc) is 2.63. The summed E-state index contributed by atoms with van der Waals surface area (Å²) < 4.78 is 13.4. The number of aromatic nitrogens is 2. The van der Waals surface area contributed by atoms with Crippen LogP contribution in [0.1, 0.15) is 41.9 Å². The quantitative estimate of drug-likeness (QED) is 0.933. The molecule has 0 aliphatic carbocycles. The number of fused-ring (bicyclic) bond motifs is 1. The van der Waals surface area contributed by atoms with Crippen LogP contribution in [-0.2, 0) is 19.5 Å². The standard InChI is InChI=1S/C19H21FN4O/c20-14-5-3-4-13(10-14)11-24-9-7-16-15(12-24)19(25)23-18(22-16)17-6-1-2-8-21-17/h3-5,10H,1-2,6-9,11-12H2,(H,22,23,25). The van der Waals surface area contributed by atoms with E-state index in [0.717, 1.165) is 61.3 Å². The van der Waals surface area contributed by atoms with Crippen molar-refractivity contribution in [1.82, 2.24) is 14.9 Å². The summed E-state index contributed by atoms with van der Waals surface area (Å²) in [6, 6.07) is 6.61. The van der Waals surface area contributed by atoms with E-state index in [2.05, 4.69) is 19.9 Å². The van der Waals surface area contributed by atoms with Crippen LogP contribution in [0.2, 0.25) is 0 Å². The molecule has 0 spiro atoms. The fraction of sp³-hybridized carbons (Fsp3) is 0.421. The first-order chi connectivity index (χ1) is 12.2. The Labute approximate surface area is 145 Å². The van der Waals surface area contributed by atoms with Crippen LogP contribution >= 0.6 is 0 Å². The maximum Gasteiger partial charge on any atom is 0.255 e. The SMILES string of the molecule is O=c1[nH]c(C2=NCCCC2)nc2c1CN(Cc1cccc(F)c1)CC2. The van der Waals surface area contributed by atoms with E-state index in [0.29, 0.717) is 18.9 Å². The zero-order valence-corrected chi connectivity index (χ0v) is 14.1. The lowest BCUT2D eigenvalue weighted by Gasteiger charge is -2.28. The van der Waals surface area contributed by atoms with Gasteiger partial charge < -0.3 is 4.98 Å². The van der Waals surface area contributed by atoms with Crippen molar-refractivity contribution in [3.05, 3.63) is 63.1 Å². The van der Waals surface area contributed by atoms with Gasteiger partial charge in [0.15, 0.2) is 5.82 Å². The molecular formula is C19H21FN4O. The first-order valence-electron chi connectivity index (χ1n) is 8.81. The second-order valence-corrected chi connectivity index (χ2v) is 6.72. The monoisotopic (exact) mass is 340 g/mol. The normalized spacial score (nSPS) is 17.9. The van der Waals surface area contributed by atoms with Crippen LogP contribution in [0.15, 0.2) is 34.1 Å². The lowest BCUT2D eigenvalue weighted by atomic mass is 10.0. The smallest absolute Gasteiger partial charge is 0.255 e. The molecule has 0 radical (unpaired) electrons. The third-order valence-electron chi connectivity index (χ3n) is 4.84. The van der Waals surface area contributed by atoms with Crippen LogP contribution < -0.4 is 5.56 Å². The van der Waals surface area contributed by atoms with Gasteiger partial charge in [0.1, 0.15) is 5.82 Å². The number of nitrogens with zero attached hydrogens (tertiary/aromatic N) is 3.